The first-order valence-electron chi connectivity index (χ1n) is 2.69. The highest BCUT2D eigenvalue weighted by Crippen LogP contribution is 2.04. The number of carboxylic acids is 1. The van der Waals surface area contributed by atoms with E-state index >= 15 is 0 Å². The van der Waals surface area contributed by atoms with Gasteiger partial charge in [0.15, 0.2) is 5.01 Å². The molecule has 0 atom stereocenters. The van der Waals surface area contributed by atoms with Gasteiger partial charge >= 0.3 is 5.97 Å². The summed E-state index contributed by atoms with van der Waals surface area (Å²) in [5.41, 5.74) is 0. The van der Waals surface area contributed by atoms with Crippen LogP contribution in [0.25, 0.3) is 0 Å². The largest absolute Gasteiger partial charge is 0.475 e. The molecule has 1 N–H and O–H groups in total. The summed E-state index contributed by atoms with van der Waals surface area (Å²) in [6.07, 6.45) is 0. The summed E-state index contributed by atoms with van der Waals surface area (Å²) in [5, 5.41) is 8.16. The van der Waals surface area contributed by atoms with Gasteiger partial charge in [-0.15, -0.1) is 0 Å². The van der Waals surface area contributed by atoms with Crippen molar-refractivity contribution >= 4 is 23.3 Å². The number of Topliss-reactive ketones (excluding diaryl/α,β-unsaturated/α-hetero) is 1. The van der Waals surface area contributed by atoms with Crippen molar-refractivity contribution in [1.82, 2.24) is 9.36 Å². The first kappa shape index (κ1) is 7.80. The van der Waals surface area contributed by atoms with E-state index < -0.39 is 11.8 Å². The molecule has 0 aliphatic heterocycles. The minimum absolute atomic E-state index is 0.0741. The number of carbonyl (C=O) groups excluding carboxylic acids is 1. The molecule has 0 saturated carbocycles. The van der Waals surface area contributed by atoms with Crippen LogP contribution in [0.15, 0.2) is 0 Å². The lowest BCUT2D eigenvalue weighted by molar-refractivity contribution is -0.131. The molecule has 6 heteroatoms. The fourth-order valence-electron chi connectivity index (χ4n) is 0.481. The quantitative estimate of drug-likeness (QED) is 0.506. The maximum Gasteiger partial charge on any atom is 0.379 e. The highest BCUT2D eigenvalue weighted by atomic mass is 32.1. The average molecular weight is 172 g/mol. The van der Waals surface area contributed by atoms with E-state index in [0.29, 0.717) is 5.82 Å². The second-order valence-corrected chi connectivity index (χ2v) is 2.53. The molecule has 58 valence electrons. The molecule has 1 rings (SSSR count). The Morgan fingerprint density at radius 2 is 2.18 bits per heavy atom. The van der Waals surface area contributed by atoms with Crippen molar-refractivity contribution in [3.8, 4) is 0 Å². The van der Waals surface area contributed by atoms with Gasteiger partial charge in [-0.1, -0.05) is 0 Å². The number of aryl methyl sites for hydroxylation is 1. The van der Waals surface area contributed by atoms with E-state index in [1.165, 1.54) is 0 Å². The van der Waals surface area contributed by atoms with E-state index in [1.54, 1.807) is 6.92 Å². The number of hydrogen-bond acceptors (Lipinski definition) is 5. The third-order valence-corrected chi connectivity index (χ3v) is 1.72. The number of carboxylic acid groups (broad SMARTS) is 1. The zero-order chi connectivity index (χ0) is 8.43. The SMILES string of the molecule is Cc1nsc(C(=O)C(=O)O)n1. The van der Waals surface area contributed by atoms with Gasteiger partial charge in [0, 0.05) is 0 Å². The number of ketones is 1. The maximum atomic E-state index is 10.7. The normalized spacial score (nSPS) is 9.55. The summed E-state index contributed by atoms with van der Waals surface area (Å²) < 4.78 is 3.67. The van der Waals surface area contributed by atoms with Gasteiger partial charge in [0.1, 0.15) is 5.82 Å². The van der Waals surface area contributed by atoms with Crippen LogP contribution in [0.1, 0.15) is 15.6 Å². The Morgan fingerprint density at radius 3 is 2.55 bits per heavy atom. The van der Waals surface area contributed by atoms with Crippen molar-refractivity contribution < 1.29 is 14.7 Å². The topological polar surface area (TPSA) is 80.2 Å². The Kier molecular flexibility index (Phi) is 1.95. The van der Waals surface area contributed by atoms with E-state index in [9.17, 15) is 9.59 Å². The van der Waals surface area contributed by atoms with Crippen LogP contribution in [-0.2, 0) is 4.79 Å². The van der Waals surface area contributed by atoms with E-state index in [1.807, 2.05) is 0 Å². The fourth-order valence-corrected chi connectivity index (χ4v) is 1.08. The Bertz CT molecular complexity index is 306. The molecule has 0 aliphatic rings. The third-order valence-electron chi connectivity index (χ3n) is 0.916. The first-order valence-corrected chi connectivity index (χ1v) is 3.46. The first-order chi connectivity index (χ1) is 5.11. The van der Waals surface area contributed by atoms with Crippen LogP contribution in [0.5, 0.6) is 0 Å². The van der Waals surface area contributed by atoms with Gasteiger partial charge in [-0.2, -0.15) is 4.37 Å². The van der Waals surface area contributed by atoms with Gasteiger partial charge in [-0.05, 0) is 18.5 Å². The summed E-state index contributed by atoms with van der Waals surface area (Å²) in [5.74, 6) is -2.09. The van der Waals surface area contributed by atoms with Crippen molar-refractivity contribution in [2.45, 2.75) is 6.92 Å². The second kappa shape index (κ2) is 2.75. The monoisotopic (exact) mass is 172 g/mol. The Morgan fingerprint density at radius 1 is 1.55 bits per heavy atom. The zero-order valence-corrected chi connectivity index (χ0v) is 6.38. The van der Waals surface area contributed by atoms with Crippen molar-refractivity contribution in [2.75, 3.05) is 0 Å². The van der Waals surface area contributed by atoms with E-state index in [4.69, 9.17) is 5.11 Å². The molecule has 0 spiro atoms. The molecule has 0 unspecified atom stereocenters. The summed E-state index contributed by atoms with van der Waals surface area (Å²) in [6.45, 7) is 1.59. The highest BCUT2D eigenvalue weighted by molar-refractivity contribution is 7.08. The standard InChI is InChI=1S/C5H4N2O3S/c1-2-6-4(11-7-2)3(8)5(9)10/h1H3,(H,9,10). The molecule has 0 fully saturated rings. The van der Waals surface area contributed by atoms with Gasteiger partial charge in [0.25, 0.3) is 5.78 Å². The molecule has 0 radical (unpaired) electrons. The predicted octanol–water partition coefficient (Wildman–Crippen LogP) is 0.114. The van der Waals surface area contributed by atoms with E-state index in [-0.39, 0.29) is 5.01 Å². The molecule has 5 nitrogen and oxygen atoms in total. The molecule has 0 aliphatic carbocycles. The molecule has 0 saturated heterocycles. The predicted molar refractivity (Wildman–Crippen MR) is 36.6 cm³/mol. The number of aliphatic carboxylic acids is 1. The number of hydrogen-bond donors (Lipinski definition) is 1. The lowest BCUT2D eigenvalue weighted by Gasteiger charge is -1.83. The molecule has 1 heterocycles. The van der Waals surface area contributed by atoms with Gasteiger partial charge in [-0.3, -0.25) is 4.79 Å². The molecule has 0 bridgehead atoms. The minimum atomic E-state index is -1.50. The molecule has 1 aromatic rings. The van der Waals surface area contributed by atoms with Crippen LogP contribution in [0.2, 0.25) is 0 Å². The van der Waals surface area contributed by atoms with Crippen molar-refractivity contribution in [3.63, 3.8) is 0 Å². The third kappa shape index (κ3) is 1.58. The Labute approximate surface area is 65.9 Å². The molecule has 1 aromatic heterocycles. The summed E-state index contributed by atoms with van der Waals surface area (Å²) in [4.78, 5) is 24.4. The Balaban J connectivity index is 2.94. The number of carbonyl (C=O) groups is 2. The molecular weight excluding hydrogens is 168 g/mol. The fraction of sp³-hybridized carbons (Fsp3) is 0.200. The van der Waals surface area contributed by atoms with Crippen LogP contribution < -0.4 is 0 Å². The highest BCUT2D eigenvalue weighted by Gasteiger charge is 2.18. The molecule has 0 amide bonds. The van der Waals surface area contributed by atoms with Crippen LogP contribution in [0.4, 0.5) is 0 Å². The number of rotatable bonds is 2. The number of aromatic nitrogens is 2. The van der Waals surface area contributed by atoms with Gasteiger partial charge in [-0.25, -0.2) is 9.78 Å². The van der Waals surface area contributed by atoms with Crippen LogP contribution >= 0.6 is 11.5 Å². The second-order valence-electron chi connectivity index (χ2n) is 1.78. The molecule has 11 heavy (non-hydrogen) atoms. The smallest absolute Gasteiger partial charge is 0.379 e. The summed E-state index contributed by atoms with van der Waals surface area (Å²) in [7, 11) is 0. The van der Waals surface area contributed by atoms with Crippen LogP contribution in [0.3, 0.4) is 0 Å². The molecule has 0 aromatic carbocycles. The van der Waals surface area contributed by atoms with Crippen LogP contribution in [0, 0.1) is 6.92 Å². The lowest BCUT2D eigenvalue weighted by Crippen LogP contribution is -2.12. The molecular formula is C5H4N2O3S. The lowest BCUT2D eigenvalue weighted by atomic mass is 10.4. The van der Waals surface area contributed by atoms with Crippen molar-refractivity contribution in [2.24, 2.45) is 0 Å². The maximum absolute atomic E-state index is 10.7. The van der Waals surface area contributed by atoms with Gasteiger partial charge in [0.05, 0.1) is 0 Å². The number of nitrogens with zero attached hydrogens (tertiary/aromatic N) is 2. The van der Waals surface area contributed by atoms with Gasteiger partial charge < -0.3 is 5.11 Å². The van der Waals surface area contributed by atoms with E-state index in [0.717, 1.165) is 11.5 Å². The van der Waals surface area contributed by atoms with E-state index in [2.05, 4.69) is 9.36 Å². The minimum Gasteiger partial charge on any atom is -0.475 e. The van der Waals surface area contributed by atoms with Crippen LogP contribution in [-0.4, -0.2) is 26.2 Å². The summed E-state index contributed by atoms with van der Waals surface area (Å²) >= 11 is 0.794. The zero-order valence-electron chi connectivity index (χ0n) is 5.57. The Hall–Kier alpha value is -1.30. The summed E-state index contributed by atoms with van der Waals surface area (Å²) in [6, 6.07) is 0. The average Bonchev–Trinajstić information content (AvgIpc) is 2.34. The van der Waals surface area contributed by atoms with Crippen molar-refractivity contribution in [3.05, 3.63) is 10.8 Å². The van der Waals surface area contributed by atoms with Crippen molar-refractivity contribution in [1.29, 1.82) is 0 Å². The van der Waals surface area contributed by atoms with Gasteiger partial charge in [0.2, 0.25) is 0 Å².